The molecule has 0 saturated carbocycles. The van der Waals surface area contributed by atoms with Crippen molar-refractivity contribution in [2.24, 2.45) is 0 Å². The average molecular weight is 488 g/mol. The molecule has 0 saturated heterocycles. The summed E-state index contributed by atoms with van der Waals surface area (Å²) in [7, 11) is 0. The normalized spacial score (nSPS) is 9.58. The van der Waals surface area contributed by atoms with Gasteiger partial charge in [0.15, 0.2) is 5.69 Å². The predicted molar refractivity (Wildman–Crippen MR) is 104 cm³/mol. The van der Waals surface area contributed by atoms with Gasteiger partial charge in [-0.2, -0.15) is 0 Å². The summed E-state index contributed by atoms with van der Waals surface area (Å²) < 4.78 is 1.32. The number of carboxylic acid groups (broad SMARTS) is 1. The molecular formula is C16H16Br2N4O4. The molecule has 138 valence electrons. The van der Waals surface area contributed by atoms with Crippen molar-refractivity contribution in [3.05, 3.63) is 44.6 Å². The van der Waals surface area contributed by atoms with Crippen LogP contribution < -0.4 is 10.6 Å². The molecule has 0 fully saturated rings. The third-order valence-electron chi connectivity index (χ3n) is 2.68. The summed E-state index contributed by atoms with van der Waals surface area (Å²) in [5.74, 6) is -0.745. The van der Waals surface area contributed by atoms with Gasteiger partial charge < -0.3 is 15.7 Å². The lowest BCUT2D eigenvalue weighted by molar-refractivity contribution is -0.115. The molecule has 3 N–H and O–H groups in total. The average Bonchev–Trinajstić information content (AvgIpc) is 2.52. The van der Waals surface area contributed by atoms with Crippen LogP contribution >= 0.6 is 31.9 Å². The molecule has 2 heterocycles. The molecule has 2 aromatic heterocycles. The Bertz CT molecular complexity index is 843. The molecule has 2 amide bonds. The van der Waals surface area contributed by atoms with Gasteiger partial charge in [-0.15, -0.1) is 0 Å². The van der Waals surface area contributed by atoms with Crippen LogP contribution in [0.15, 0.2) is 33.2 Å². The van der Waals surface area contributed by atoms with Crippen LogP contribution in [-0.4, -0.2) is 32.9 Å². The highest BCUT2D eigenvalue weighted by Gasteiger charge is 2.11. The summed E-state index contributed by atoms with van der Waals surface area (Å²) in [5.41, 5.74) is 0.734. The molecule has 0 spiro atoms. The first-order valence-corrected chi connectivity index (χ1v) is 8.77. The van der Waals surface area contributed by atoms with Crippen LogP contribution in [-0.2, 0) is 9.59 Å². The largest absolute Gasteiger partial charge is 0.476 e. The number of carbonyl (C=O) groups excluding carboxylic acids is 2. The van der Waals surface area contributed by atoms with Crippen molar-refractivity contribution < 1.29 is 19.5 Å². The van der Waals surface area contributed by atoms with Gasteiger partial charge in [-0.1, -0.05) is 0 Å². The molecule has 0 aliphatic heterocycles. The SMILES string of the molecule is CC(=O)Nc1ccc(Br)c(C(=O)O)n1.CC(=O)Nc1ccc(Br)c(C)n1. The monoisotopic (exact) mass is 486 g/mol. The van der Waals surface area contributed by atoms with Crippen molar-refractivity contribution in [2.45, 2.75) is 20.8 Å². The smallest absolute Gasteiger partial charge is 0.355 e. The third-order valence-corrected chi connectivity index (χ3v) is 4.16. The number of pyridine rings is 2. The standard InChI is InChI=1S/C8H7BrN2O3.C8H9BrN2O/c1-4(12)10-6-3-2-5(9)7(11-6)8(13)14;1-5-7(9)3-4-8(10-5)11-6(2)12/h2-3H,1H3,(H,13,14)(H,10,11,12);3-4H,1-2H3,(H,10,11,12). The quantitative estimate of drug-likeness (QED) is 0.607. The number of anilines is 2. The van der Waals surface area contributed by atoms with Crippen LogP contribution in [0, 0.1) is 6.92 Å². The molecule has 0 aromatic carbocycles. The van der Waals surface area contributed by atoms with Crippen LogP contribution in [0.5, 0.6) is 0 Å². The van der Waals surface area contributed by atoms with Crippen molar-refractivity contribution >= 4 is 61.3 Å². The predicted octanol–water partition coefficient (Wildman–Crippen LogP) is 3.61. The maximum absolute atomic E-state index is 10.7. The minimum absolute atomic E-state index is 0.107. The molecule has 0 aliphatic carbocycles. The van der Waals surface area contributed by atoms with Crippen molar-refractivity contribution in [3.8, 4) is 0 Å². The van der Waals surface area contributed by atoms with Crippen molar-refractivity contribution in [2.75, 3.05) is 10.6 Å². The van der Waals surface area contributed by atoms with Crippen LogP contribution in [0.3, 0.4) is 0 Å². The zero-order valence-electron chi connectivity index (χ0n) is 14.1. The van der Waals surface area contributed by atoms with E-state index < -0.39 is 5.97 Å². The second-order valence-electron chi connectivity index (χ2n) is 4.96. The van der Waals surface area contributed by atoms with Gasteiger partial charge in [-0.3, -0.25) is 9.59 Å². The van der Waals surface area contributed by atoms with Crippen LogP contribution in [0.25, 0.3) is 0 Å². The van der Waals surface area contributed by atoms with Gasteiger partial charge in [-0.05, 0) is 63.0 Å². The van der Waals surface area contributed by atoms with Gasteiger partial charge in [-0.25, -0.2) is 14.8 Å². The fourth-order valence-electron chi connectivity index (χ4n) is 1.64. The van der Waals surface area contributed by atoms with E-state index in [2.05, 4.69) is 52.5 Å². The van der Waals surface area contributed by atoms with E-state index in [1.807, 2.05) is 13.0 Å². The molecule has 26 heavy (non-hydrogen) atoms. The maximum Gasteiger partial charge on any atom is 0.355 e. The van der Waals surface area contributed by atoms with E-state index in [1.54, 1.807) is 6.07 Å². The van der Waals surface area contributed by atoms with E-state index in [4.69, 9.17) is 5.11 Å². The lowest BCUT2D eigenvalue weighted by Gasteiger charge is -2.03. The van der Waals surface area contributed by atoms with E-state index in [-0.39, 0.29) is 23.3 Å². The fraction of sp³-hybridized carbons (Fsp3) is 0.188. The number of halogens is 2. The van der Waals surface area contributed by atoms with Gasteiger partial charge in [0.1, 0.15) is 11.6 Å². The minimum atomic E-state index is -1.15. The summed E-state index contributed by atoms with van der Waals surface area (Å²) in [5, 5.41) is 13.7. The number of aromatic nitrogens is 2. The highest BCUT2D eigenvalue weighted by molar-refractivity contribution is 9.10. The van der Waals surface area contributed by atoms with Gasteiger partial charge in [0.25, 0.3) is 0 Å². The van der Waals surface area contributed by atoms with Crippen LogP contribution in [0.4, 0.5) is 11.6 Å². The summed E-state index contributed by atoms with van der Waals surface area (Å²) in [4.78, 5) is 39.8. The van der Waals surface area contributed by atoms with Crippen molar-refractivity contribution in [1.29, 1.82) is 0 Å². The molecule has 2 rings (SSSR count). The third kappa shape index (κ3) is 7.28. The van der Waals surface area contributed by atoms with E-state index in [1.165, 1.54) is 26.0 Å². The van der Waals surface area contributed by atoms with E-state index in [9.17, 15) is 14.4 Å². The fourth-order valence-corrected chi connectivity index (χ4v) is 2.25. The Morgan fingerprint density at radius 1 is 0.885 bits per heavy atom. The summed E-state index contributed by atoms with van der Waals surface area (Å²) in [6.45, 7) is 4.65. The zero-order valence-corrected chi connectivity index (χ0v) is 17.3. The van der Waals surface area contributed by atoms with Gasteiger partial charge in [0.2, 0.25) is 11.8 Å². The summed E-state index contributed by atoms with van der Waals surface area (Å²) in [6, 6.07) is 6.63. The Morgan fingerprint density at radius 2 is 1.35 bits per heavy atom. The Labute approximate surface area is 166 Å². The number of nitrogens with zero attached hydrogens (tertiary/aromatic N) is 2. The minimum Gasteiger partial charge on any atom is -0.476 e. The first-order chi connectivity index (χ1) is 12.1. The number of aromatic carboxylic acids is 1. The summed E-state index contributed by atoms with van der Waals surface area (Å²) >= 11 is 6.36. The molecule has 0 bridgehead atoms. The van der Waals surface area contributed by atoms with Crippen LogP contribution in [0.2, 0.25) is 0 Å². The topological polar surface area (TPSA) is 121 Å². The molecule has 2 aromatic rings. The van der Waals surface area contributed by atoms with Gasteiger partial charge >= 0.3 is 5.97 Å². The molecule has 10 heteroatoms. The highest BCUT2D eigenvalue weighted by Crippen LogP contribution is 2.17. The number of carbonyl (C=O) groups is 3. The van der Waals surface area contributed by atoms with E-state index in [0.29, 0.717) is 10.3 Å². The Kier molecular flexibility index (Phi) is 8.33. The number of rotatable bonds is 3. The number of aryl methyl sites for hydroxylation is 1. The number of hydrogen-bond acceptors (Lipinski definition) is 5. The zero-order chi connectivity index (χ0) is 19.9. The van der Waals surface area contributed by atoms with E-state index in [0.717, 1.165) is 10.2 Å². The number of amides is 2. The molecule has 0 aliphatic rings. The lowest BCUT2D eigenvalue weighted by atomic mass is 10.3. The first kappa shape index (κ1) is 21.7. The number of hydrogen-bond donors (Lipinski definition) is 3. The molecule has 0 radical (unpaired) electrons. The van der Waals surface area contributed by atoms with Crippen molar-refractivity contribution in [3.63, 3.8) is 0 Å². The highest BCUT2D eigenvalue weighted by atomic mass is 79.9. The molecule has 0 unspecified atom stereocenters. The Morgan fingerprint density at radius 3 is 1.77 bits per heavy atom. The van der Waals surface area contributed by atoms with Gasteiger partial charge in [0.05, 0.1) is 10.2 Å². The Balaban J connectivity index is 0.000000263. The molecular weight excluding hydrogens is 472 g/mol. The maximum atomic E-state index is 10.7. The molecule has 8 nitrogen and oxygen atoms in total. The second-order valence-corrected chi connectivity index (χ2v) is 6.67. The van der Waals surface area contributed by atoms with E-state index >= 15 is 0 Å². The lowest BCUT2D eigenvalue weighted by Crippen LogP contribution is -2.10. The second kappa shape index (κ2) is 9.97. The molecule has 0 atom stereocenters. The number of nitrogens with one attached hydrogen (secondary N) is 2. The summed E-state index contributed by atoms with van der Waals surface area (Å²) in [6.07, 6.45) is 0. The Hall–Kier alpha value is -2.33. The van der Waals surface area contributed by atoms with Crippen LogP contribution in [0.1, 0.15) is 30.0 Å². The first-order valence-electron chi connectivity index (χ1n) is 7.18. The number of carboxylic acids is 1. The van der Waals surface area contributed by atoms with Crippen molar-refractivity contribution in [1.82, 2.24) is 9.97 Å². The van der Waals surface area contributed by atoms with Gasteiger partial charge in [0, 0.05) is 18.3 Å².